The minimum atomic E-state index is -0.854. The Hall–Kier alpha value is -1.44. The standard InChI is InChI=1S/C9H7BN2O3S/c13-10-8-3-7(2-1-6(8)4-14-10)15-9-12-11-5-16-9/h1-3,5,13H,4H2. The molecule has 0 atom stereocenters. The van der Waals surface area contributed by atoms with Gasteiger partial charge in [-0.05, 0) is 23.2 Å². The third-order valence-electron chi connectivity index (χ3n) is 2.33. The molecule has 3 rings (SSSR count). The third-order valence-corrected chi connectivity index (χ3v) is 2.89. The lowest BCUT2D eigenvalue weighted by Crippen LogP contribution is -2.27. The molecule has 2 aromatic rings. The van der Waals surface area contributed by atoms with E-state index in [1.165, 1.54) is 11.3 Å². The molecule has 16 heavy (non-hydrogen) atoms. The molecule has 0 bridgehead atoms. The topological polar surface area (TPSA) is 64.5 Å². The fourth-order valence-corrected chi connectivity index (χ4v) is 1.99. The largest absolute Gasteiger partial charge is 0.491 e. The van der Waals surface area contributed by atoms with Crippen molar-refractivity contribution in [3.05, 3.63) is 29.3 Å². The van der Waals surface area contributed by atoms with E-state index < -0.39 is 7.12 Å². The number of ether oxygens (including phenoxy) is 1. The van der Waals surface area contributed by atoms with Crippen LogP contribution < -0.4 is 10.2 Å². The van der Waals surface area contributed by atoms with Crippen molar-refractivity contribution >= 4 is 23.9 Å². The van der Waals surface area contributed by atoms with Gasteiger partial charge in [0, 0.05) is 0 Å². The number of aromatic nitrogens is 2. The molecule has 80 valence electrons. The lowest BCUT2D eigenvalue weighted by molar-refractivity contribution is 0.275. The van der Waals surface area contributed by atoms with E-state index in [0.717, 1.165) is 11.0 Å². The lowest BCUT2D eigenvalue weighted by atomic mass is 9.79. The fourth-order valence-electron chi connectivity index (χ4n) is 1.56. The van der Waals surface area contributed by atoms with Crippen LogP contribution in [-0.2, 0) is 11.3 Å². The average molecular weight is 234 g/mol. The van der Waals surface area contributed by atoms with Crippen LogP contribution in [0.2, 0.25) is 0 Å². The summed E-state index contributed by atoms with van der Waals surface area (Å²) >= 11 is 1.31. The van der Waals surface area contributed by atoms with Crippen LogP contribution >= 0.6 is 11.3 Å². The Morgan fingerprint density at radius 3 is 3.25 bits per heavy atom. The van der Waals surface area contributed by atoms with Gasteiger partial charge in [-0.25, -0.2) is 0 Å². The smallest absolute Gasteiger partial charge is 0.430 e. The monoisotopic (exact) mass is 234 g/mol. The summed E-state index contributed by atoms with van der Waals surface area (Å²) in [6.07, 6.45) is 0. The molecule has 1 aliphatic rings. The first kappa shape index (κ1) is 9.77. The van der Waals surface area contributed by atoms with Crippen molar-refractivity contribution in [3.63, 3.8) is 0 Å². The van der Waals surface area contributed by atoms with Gasteiger partial charge in [0.15, 0.2) is 0 Å². The van der Waals surface area contributed by atoms with Gasteiger partial charge in [0.1, 0.15) is 11.3 Å². The van der Waals surface area contributed by atoms with Gasteiger partial charge in [0.2, 0.25) is 0 Å². The number of hydrogen-bond donors (Lipinski definition) is 1. The SMILES string of the molecule is OB1OCc2ccc(Oc3nncs3)cc21. The second kappa shape index (κ2) is 3.86. The predicted molar refractivity (Wildman–Crippen MR) is 58.8 cm³/mol. The highest BCUT2D eigenvalue weighted by Gasteiger charge is 2.27. The number of hydrogen-bond acceptors (Lipinski definition) is 6. The zero-order valence-corrected chi connectivity index (χ0v) is 8.98. The van der Waals surface area contributed by atoms with Gasteiger partial charge >= 0.3 is 7.12 Å². The van der Waals surface area contributed by atoms with Crippen LogP contribution in [0.25, 0.3) is 0 Å². The number of fused-ring (bicyclic) bond motifs is 1. The van der Waals surface area contributed by atoms with E-state index in [1.807, 2.05) is 12.1 Å². The van der Waals surface area contributed by atoms with Crippen LogP contribution in [0.1, 0.15) is 5.56 Å². The minimum absolute atomic E-state index is 0.440. The third kappa shape index (κ3) is 1.69. The van der Waals surface area contributed by atoms with Crippen molar-refractivity contribution in [2.75, 3.05) is 0 Å². The summed E-state index contributed by atoms with van der Waals surface area (Å²) < 4.78 is 10.6. The molecule has 0 saturated carbocycles. The molecule has 1 N–H and O–H groups in total. The molecule has 2 heterocycles. The molecule has 0 aliphatic carbocycles. The summed E-state index contributed by atoms with van der Waals surface area (Å²) in [6.45, 7) is 0.440. The van der Waals surface area contributed by atoms with Gasteiger partial charge in [-0.2, -0.15) is 0 Å². The molecule has 0 saturated heterocycles. The van der Waals surface area contributed by atoms with Gasteiger partial charge in [0.05, 0.1) is 6.61 Å². The maximum absolute atomic E-state index is 9.53. The second-order valence-electron chi connectivity index (χ2n) is 3.33. The van der Waals surface area contributed by atoms with Gasteiger partial charge < -0.3 is 14.4 Å². The van der Waals surface area contributed by atoms with Crippen LogP contribution in [0, 0.1) is 0 Å². The van der Waals surface area contributed by atoms with Crippen molar-refractivity contribution in [1.82, 2.24) is 10.2 Å². The summed E-state index contributed by atoms with van der Waals surface area (Å²) in [5.41, 5.74) is 3.33. The van der Waals surface area contributed by atoms with E-state index in [-0.39, 0.29) is 0 Å². The Bertz CT molecular complexity index is 505. The van der Waals surface area contributed by atoms with E-state index in [0.29, 0.717) is 17.6 Å². The molecule has 1 aliphatic heterocycles. The Balaban J connectivity index is 1.89. The zero-order chi connectivity index (χ0) is 11.0. The van der Waals surface area contributed by atoms with E-state index in [2.05, 4.69) is 10.2 Å². The Labute approximate surface area is 95.8 Å². The number of benzene rings is 1. The van der Waals surface area contributed by atoms with E-state index >= 15 is 0 Å². The van der Waals surface area contributed by atoms with Crippen molar-refractivity contribution in [3.8, 4) is 10.9 Å². The van der Waals surface area contributed by atoms with E-state index in [4.69, 9.17) is 9.39 Å². The summed E-state index contributed by atoms with van der Waals surface area (Å²) in [5, 5.41) is 17.5. The predicted octanol–water partition coefficient (Wildman–Crippen LogP) is 0.548. The first-order valence-corrected chi connectivity index (χ1v) is 5.57. The first-order valence-electron chi connectivity index (χ1n) is 4.69. The molecule has 0 radical (unpaired) electrons. The quantitative estimate of drug-likeness (QED) is 0.768. The van der Waals surface area contributed by atoms with Crippen molar-refractivity contribution < 1.29 is 14.4 Å². The van der Waals surface area contributed by atoms with Crippen LogP contribution in [0.5, 0.6) is 10.9 Å². The van der Waals surface area contributed by atoms with Crippen molar-refractivity contribution in [2.24, 2.45) is 0 Å². The molecule has 0 unspecified atom stereocenters. The highest BCUT2D eigenvalue weighted by molar-refractivity contribution is 7.11. The Morgan fingerprint density at radius 1 is 1.50 bits per heavy atom. The van der Waals surface area contributed by atoms with Gasteiger partial charge in [-0.3, -0.25) is 0 Å². The summed E-state index contributed by atoms with van der Waals surface area (Å²) in [6, 6.07) is 5.46. The van der Waals surface area contributed by atoms with E-state index in [1.54, 1.807) is 11.6 Å². The van der Waals surface area contributed by atoms with Crippen LogP contribution in [0.3, 0.4) is 0 Å². The molecule has 0 amide bonds. The number of rotatable bonds is 2. The van der Waals surface area contributed by atoms with E-state index in [9.17, 15) is 5.02 Å². The minimum Gasteiger partial charge on any atom is -0.430 e. The molecular formula is C9H7BN2O3S. The molecule has 0 spiro atoms. The summed E-state index contributed by atoms with van der Waals surface area (Å²) in [4.78, 5) is 0. The summed E-state index contributed by atoms with van der Waals surface area (Å²) in [7, 11) is -0.854. The first-order chi connectivity index (χ1) is 7.83. The highest BCUT2D eigenvalue weighted by Crippen LogP contribution is 2.23. The van der Waals surface area contributed by atoms with Crippen molar-refractivity contribution in [2.45, 2.75) is 6.61 Å². The molecule has 1 aromatic carbocycles. The molecule has 1 aromatic heterocycles. The van der Waals surface area contributed by atoms with Gasteiger partial charge in [-0.1, -0.05) is 22.5 Å². The van der Waals surface area contributed by atoms with Crippen LogP contribution in [0.15, 0.2) is 23.7 Å². The molecule has 7 heteroatoms. The molecule has 0 fully saturated rings. The summed E-state index contributed by atoms with van der Waals surface area (Å²) in [5.74, 6) is 0.625. The highest BCUT2D eigenvalue weighted by atomic mass is 32.1. The second-order valence-corrected chi connectivity index (χ2v) is 4.13. The zero-order valence-electron chi connectivity index (χ0n) is 8.16. The van der Waals surface area contributed by atoms with Crippen LogP contribution in [0.4, 0.5) is 0 Å². The van der Waals surface area contributed by atoms with Gasteiger partial charge in [0.25, 0.3) is 5.19 Å². The Kier molecular flexibility index (Phi) is 2.35. The normalized spacial score (nSPS) is 13.9. The average Bonchev–Trinajstić information content (AvgIpc) is 2.90. The maximum Gasteiger partial charge on any atom is 0.491 e. The van der Waals surface area contributed by atoms with Gasteiger partial charge in [-0.15, -0.1) is 5.10 Å². The number of nitrogens with zero attached hydrogens (tertiary/aromatic N) is 2. The van der Waals surface area contributed by atoms with Crippen molar-refractivity contribution in [1.29, 1.82) is 0 Å². The molecular weight excluding hydrogens is 227 g/mol. The van der Waals surface area contributed by atoms with Crippen LogP contribution in [-0.4, -0.2) is 22.3 Å². The lowest BCUT2D eigenvalue weighted by Gasteiger charge is -2.03. The molecule has 5 nitrogen and oxygen atoms in total. The Morgan fingerprint density at radius 2 is 2.44 bits per heavy atom. The fraction of sp³-hybridized carbons (Fsp3) is 0.111. The maximum atomic E-state index is 9.53.